The Morgan fingerprint density at radius 2 is 1.93 bits per heavy atom. The fourth-order valence-corrected chi connectivity index (χ4v) is 3.49. The van der Waals surface area contributed by atoms with E-state index < -0.39 is 5.79 Å². The first-order chi connectivity index (χ1) is 12.6. The summed E-state index contributed by atoms with van der Waals surface area (Å²) in [7, 11) is 0. The molecule has 2 aromatic rings. The Bertz CT molecular complexity index is 891. The molecule has 1 aromatic heterocycles. The predicted octanol–water partition coefficient (Wildman–Crippen LogP) is 4.83. The van der Waals surface area contributed by atoms with Crippen LogP contribution in [-0.4, -0.2) is 24.1 Å². The van der Waals surface area contributed by atoms with E-state index in [1.807, 2.05) is 26.0 Å². The molecule has 1 saturated heterocycles. The van der Waals surface area contributed by atoms with Gasteiger partial charge in [0.2, 0.25) is 0 Å². The van der Waals surface area contributed by atoms with Crippen LogP contribution in [-0.2, 0) is 9.47 Å². The lowest BCUT2D eigenvalue weighted by Gasteiger charge is -2.24. The van der Waals surface area contributed by atoms with Crippen molar-refractivity contribution < 1.29 is 18.6 Å². The number of allylic oxidation sites excluding steroid dienone is 1. The highest BCUT2D eigenvalue weighted by atomic mass is 16.8. The van der Waals surface area contributed by atoms with Gasteiger partial charge in [-0.3, -0.25) is 0 Å². The standard InChI is InChI=1S/C22H28O5/c1-15(6-10-19-21(2,3)27-22(4,5)26-19)12-13-24-17-9-7-16-8-11-20(23)25-18(16)14-17/h7-9,11-12,14,19H,6,10,13H2,1-5H3/b15-12+/t19-/m0/s1. The molecule has 0 bridgehead atoms. The maximum atomic E-state index is 11.3. The van der Waals surface area contributed by atoms with Crippen LogP contribution >= 0.6 is 0 Å². The van der Waals surface area contributed by atoms with Crippen LogP contribution in [0.15, 0.2) is 51.2 Å². The topological polar surface area (TPSA) is 57.9 Å². The van der Waals surface area contributed by atoms with Gasteiger partial charge in [0.15, 0.2) is 5.79 Å². The van der Waals surface area contributed by atoms with Crippen LogP contribution in [0, 0.1) is 0 Å². The molecule has 3 rings (SSSR count). The van der Waals surface area contributed by atoms with Crippen LogP contribution in [0.25, 0.3) is 11.0 Å². The smallest absolute Gasteiger partial charge is 0.336 e. The van der Waals surface area contributed by atoms with E-state index in [1.165, 1.54) is 11.6 Å². The zero-order valence-electron chi connectivity index (χ0n) is 16.7. The van der Waals surface area contributed by atoms with Crippen molar-refractivity contribution in [1.29, 1.82) is 0 Å². The minimum absolute atomic E-state index is 0.0696. The Labute approximate surface area is 159 Å². The Hall–Kier alpha value is -2.11. The highest BCUT2D eigenvalue weighted by Crippen LogP contribution is 2.38. The van der Waals surface area contributed by atoms with Crippen molar-refractivity contribution in [2.45, 2.75) is 65.0 Å². The van der Waals surface area contributed by atoms with Crippen molar-refractivity contribution in [2.75, 3.05) is 6.61 Å². The number of benzene rings is 1. The number of ether oxygens (including phenoxy) is 3. The molecule has 0 N–H and O–H groups in total. The average Bonchev–Trinajstić information content (AvgIpc) is 2.79. The first-order valence-electron chi connectivity index (χ1n) is 9.35. The molecule has 1 aliphatic heterocycles. The summed E-state index contributed by atoms with van der Waals surface area (Å²) in [5, 5.41) is 0.873. The molecule has 0 radical (unpaired) electrons. The van der Waals surface area contributed by atoms with Crippen LogP contribution < -0.4 is 10.4 Å². The SMILES string of the molecule is C/C(=C\COc1ccc2ccc(=O)oc2c1)CC[C@@H]1OC(C)(C)OC1(C)C. The van der Waals surface area contributed by atoms with Gasteiger partial charge in [0.1, 0.15) is 17.9 Å². The molecule has 5 heteroatoms. The van der Waals surface area contributed by atoms with Gasteiger partial charge in [-0.1, -0.05) is 5.57 Å². The molecule has 1 atom stereocenters. The Morgan fingerprint density at radius 1 is 1.19 bits per heavy atom. The summed E-state index contributed by atoms with van der Waals surface area (Å²) in [4.78, 5) is 11.3. The van der Waals surface area contributed by atoms with E-state index in [0.717, 1.165) is 18.2 Å². The fourth-order valence-electron chi connectivity index (χ4n) is 3.49. The van der Waals surface area contributed by atoms with Crippen LogP contribution in [0.1, 0.15) is 47.5 Å². The number of fused-ring (bicyclic) bond motifs is 1. The predicted molar refractivity (Wildman–Crippen MR) is 105 cm³/mol. The monoisotopic (exact) mass is 372 g/mol. The van der Waals surface area contributed by atoms with Crippen LogP contribution in [0.4, 0.5) is 0 Å². The number of rotatable bonds is 6. The molecule has 0 amide bonds. The summed E-state index contributed by atoms with van der Waals surface area (Å²) in [5.41, 5.74) is 1.13. The highest BCUT2D eigenvalue weighted by molar-refractivity contribution is 5.77. The van der Waals surface area contributed by atoms with Gasteiger partial charge in [0, 0.05) is 17.5 Å². The summed E-state index contributed by atoms with van der Waals surface area (Å²) in [6, 6.07) is 8.66. The zero-order chi connectivity index (χ0) is 19.7. The summed E-state index contributed by atoms with van der Waals surface area (Å²) in [6.45, 7) is 10.6. The molecular weight excluding hydrogens is 344 g/mol. The molecule has 146 valence electrons. The van der Waals surface area contributed by atoms with Crippen LogP contribution in [0.2, 0.25) is 0 Å². The molecule has 0 aliphatic carbocycles. The van der Waals surface area contributed by atoms with Crippen molar-refractivity contribution in [1.82, 2.24) is 0 Å². The molecule has 27 heavy (non-hydrogen) atoms. The second-order valence-electron chi connectivity index (χ2n) is 8.07. The molecule has 1 fully saturated rings. The Morgan fingerprint density at radius 3 is 2.63 bits per heavy atom. The van der Waals surface area contributed by atoms with Crippen molar-refractivity contribution >= 4 is 11.0 Å². The first-order valence-corrected chi connectivity index (χ1v) is 9.35. The summed E-state index contributed by atoms with van der Waals surface area (Å²) < 4.78 is 22.9. The summed E-state index contributed by atoms with van der Waals surface area (Å²) in [6.07, 6.45) is 3.96. The Balaban J connectivity index is 1.53. The van der Waals surface area contributed by atoms with Gasteiger partial charge in [-0.25, -0.2) is 4.79 Å². The van der Waals surface area contributed by atoms with Gasteiger partial charge in [0.25, 0.3) is 0 Å². The lowest BCUT2D eigenvalue weighted by Crippen LogP contribution is -2.33. The minimum Gasteiger partial charge on any atom is -0.489 e. The third-order valence-corrected chi connectivity index (χ3v) is 4.79. The molecule has 2 heterocycles. The zero-order valence-corrected chi connectivity index (χ0v) is 16.7. The van der Waals surface area contributed by atoms with Crippen LogP contribution in [0.5, 0.6) is 5.75 Å². The maximum absolute atomic E-state index is 11.3. The molecule has 0 unspecified atom stereocenters. The second-order valence-corrected chi connectivity index (χ2v) is 8.07. The van der Waals surface area contributed by atoms with Gasteiger partial charge in [-0.2, -0.15) is 0 Å². The lowest BCUT2D eigenvalue weighted by molar-refractivity contribution is -0.157. The Kier molecular flexibility index (Phi) is 5.45. The van der Waals surface area contributed by atoms with E-state index in [4.69, 9.17) is 18.6 Å². The van der Waals surface area contributed by atoms with E-state index >= 15 is 0 Å². The first kappa shape index (κ1) is 19.6. The van der Waals surface area contributed by atoms with E-state index in [1.54, 1.807) is 12.1 Å². The fraction of sp³-hybridized carbons (Fsp3) is 0.500. The van der Waals surface area contributed by atoms with E-state index in [2.05, 4.69) is 26.8 Å². The summed E-state index contributed by atoms with van der Waals surface area (Å²) in [5.74, 6) is 0.149. The average molecular weight is 372 g/mol. The lowest BCUT2D eigenvalue weighted by atomic mass is 9.96. The number of hydrogen-bond acceptors (Lipinski definition) is 5. The molecular formula is C22H28O5. The molecule has 0 spiro atoms. The second kappa shape index (κ2) is 7.49. The van der Waals surface area contributed by atoms with Crippen LogP contribution in [0.3, 0.4) is 0 Å². The largest absolute Gasteiger partial charge is 0.489 e. The van der Waals surface area contributed by atoms with Crippen molar-refractivity contribution in [3.63, 3.8) is 0 Å². The van der Waals surface area contributed by atoms with E-state index in [0.29, 0.717) is 17.9 Å². The van der Waals surface area contributed by atoms with Gasteiger partial charge in [-0.15, -0.1) is 0 Å². The third-order valence-electron chi connectivity index (χ3n) is 4.79. The van der Waals surface area contributed by atoms with Gasteiger partial charge in [0.05, 0.1) is 11.7 Å². The van der Waals surface area contributed by atoms with Crippen molar-refractivity contribution in [3.8, 4) is 5.75 Å². The van der Waals surface area contributed by atoms with Crippen molar-refractivity contribution in [2.24, 2.45) is 0 Å². The maximum Gasteiger partial charge on any atom is 0.336 e. The highest BCUT2D eigenvalue weighted by Gasteiger charge is 2.46. The van der Waals surface area contributed by atoms with Gasteiger partial charge < -0.3 is 18.6 Å². The van der Waals surface area contributed by atoms with E-state index in [9.17, 15) is 4.79 Å². The third kappa shape index (κ3) is 4.99. The quantitative estimate of drug-likeness (QED) is 0.537. The molecule has 0 saturated carbocycles. The molecule has 1 aromatic carbocycles. The minimum atomic E-state index is -0.528. The number of hydrogen-bond donors (Lipinski definition) is 0. The van der Waals surface area contributed by atoms with Gasteiger partial charge in [-0.05, 0) is 71.7 Å². The van der Waals surface area contributed by atoms with E-state index in [-0.39, 0.29) is 17.3 Å². The molecule has 5 nitrogen and oxygen atoms in total. The van der Waals surface area contributed by atoms with Gasteiger partial charge >= 0.3 is 5.63 Å². The normalized spacial score (nSPS) is 21.5. The van der Waals surface area contributed by atoms with Crippen molar-refractivity contribution in [3.05, 3.63) is 52.4 Å². The summed E-state index contributed by atoms with van der Waals surface area (Å²) >= 11 is 0. The molecule has 1 aliphatic rings.